The third-order valence-electron chi connectivity index (χ3n) is 2.69. The standard InChI is InChI=1S/C11H18O5/c1-10(2)13-6-8(15-10)9-7(5-12)14-11(3,4)16-9/h5,7-9H,6H2,1-4H3/t7-,8?,9+/m1/s1. The molecule has 2 saturated heterocycles. The molecular formula is C11H18O5. The molecule has 0 N–H and O–H groups in total. The molecule has 2 aliphatic heterocycles. The average molecular weight is 230 g/mol. The normalized spacial score (nSPS) is 41.1. The molecule has 2 fully saturated rings. The molecule has 3 atom stereocenters. The largest absolute Gasteiger partial charge is 0.348 e. The highest BCUT2D eigenvalue weighted by molar-refractivity contribution is 5.58. The molecule has 2 aliphatic rings. The summed E-state index contributed by atoms with van der Waals surface area (Å²) in [5.41, 5.74) is 0. The van der Waals surface area contributed by atoms with Crippen molar-refractivity contribution >= 4 is 6.29 Å². The van der Waals surface area contributed by atoms with Crippen LogP contribution >= 0.6 is 0 Å². The minimum atomic E-state index is -0.744. The lowest BCUT2D eigenvalue weighted by molar-refractivity contribution is -0.174. The summed E-state index contributed by atoms with van der Waals surface area (Å²) in [4.78, 5) is 10.9. The van der Waals surface area contributed by atoms with Gasteiger partial charge >= 0.3 is 0 Å². The Balaban J connectivity index is 2.07. The average Bonchev–Trinajstić information content (AvgIpc) is 2.65. The fourth-order valence-corrected chi connectivity index (χ4v) is 2.09. The predicted octanol–water partition coefficient (Wildman–Crippen LogP) is 0.857. The quantitative estimate of drug-likeness (QED) is 0.658. The Labute approximate surface area is 95.0 Å². The van der Waals surface area contributed by atoms with Crippen LogP contribution in [-0.2, 0) is 23.7 Å². The van der Waals surface area contributed by atoms with Crippen LogP contribution in [0.1, 0.15) is 27.7 Å². The smallest absolute Gasteiger partial charge is 0.164 e. The second-order valence-corrected chi connectivity index (χ2v) is 5.07. The van der Waals surface area contributed by atoms with Crippen molar-refractivity contribution in [3.8, 4) is 0 Å². The first-order valence-electron chi connectivity index (χ1n) is 5.46. The molecule has 0 spiro atoms. The number of carbonyl (C=O) groups excluding carboxylic acids is 1. The predicted molar refractivity (Wildman–Crippen MR) is 54.8 cm³/mol. The van der Waals surface area contributed by atoms with Crippen molar-refractivity contribution in [2.45, 2.75) is 57.6 Å². The van der Waals surface area contributed by atoms with Crippen LogP contribution < -0.4 is 0 Å². The van der Waals surface area contributed by atoms with Crippen molar-refractivity contribution in [2.24, 2.45) is 0 Å². The van der Waals surface area contributed by atoms with Gasteiger partial charge in [-0.2, -0.15) is 0 Å². The van der Waals surface area contributed by atoms with E-state index in [4.69, 9.17) is 18.9 Å². The van der Waals surface area contributed by atoms with Gasteiger partial charge in [-0.3, -0.25) is 0 Å². The van der Waals surface area contributed by atoms with E-state index in [9.17, 15) is 4.79 Å². The Morgan fingerprint density at radius 2 is 1.75 bits per heavy atom. The summed E-state index contributed by atoms with van der Waals surface area (Å²) in [5.74, 6) is -1.36. The molecule has 0 aliphatic carbocycles. The molecule has 5 nitrogen and oxygen atoms in total. The summed E-state index contributed by atoms with van der Waals surface area (Å²) in [6, 6.07) is 0. The van der Waals surface area contributed by atoms with Crippen molar-refractivity contribution in [1.82, 2.24) is 0 Å². The molecule has 0 aromatic rings. The summed E-state index contributed by atoms with van der Waals surface area (Å²) < 4.78 is 22.3. The molecule has 5 heteroatoms. The number of carbonyl (C=O) groups is 1. The van der Waals surface area contributed by atoms with E-state index in [1.54, 1.807) is 13.8 Å². The van der Waals surface area contributed by atoms with Crippen molar-refractivity contribution in [3.63, 3.8) is 0 Å². The zero-order chi connectivity index (χ0) is 12.0. The van der Waals surface area contributed by atoms with Gasteiger partial charge in [-0.05, 0) is 27.7 Å². The van der Waals surface area contributed by atoms with Gasteiger partial charge in [0.1, 0.15) is 18.3 Å². The molecule has 16 heavy (non-hydrogen) atoms. The second kappa shape index (κ2) is 3.77. The van der Waals surface area contributed by atoms with Gasteiger partial charge in [-0.25, -0.2) is 0 Å². The molecule has 1 unspecified atom stereocenters. The maximum Gasteiger partial charge on any atom is 0.164 e. The molecule has 0 aromatic heterocycles. The van der Waals surface area contributed by atoms with Gasteiger partial charge < -0.3 is 23.7 Å². The number of ether oxygens (including phenoxy) is 4. The van der Waals surface area contributed by atoms with Gasteiger partial charge in [0.2, 0.25) is 0 Å². The minimum Gasteiger partial charge on any atom is -0.348 e. The summed E-state index contributed by atoms with van der Waals surface area (Å²) in [5, 5.41) is 0. The lowest BCUT2D eigenvalue weighted by Crippen LogP contribution is -2.38. The highest BCUT2D eigenvalue weighted by atomic mass is 16.8. The summed E-state index contributed by atoms with van der Waals surface area (Å²) >= 11 is 0. The van der Waals surface area contributed by atoms with E-state index in [1.807, 2.05) is 13.8 Å². The topological polar surface area (TPSA) is 54.0 Å². The first-order valence-corrected chi connectivity index (χ1v) is 5.46. The first-order chi connectivity index (χ1) is 7.33. The lowest BCUT2D eigenvalue weighted by Gasteiger charge is -2.22. The highest BCUT2D eigenvalue weighted by Gasteiger charge is 2.49. The Morgan fingerprint density at radius 3 is 2.25 bits per heavy atom. The molecule has 0 amide bonds. The van der Waals surface area contributed by atoms with E-state index >= 15 is 0 Å². The Morgan fingerprint density at radius 1 is 1.06 bits per heavy atom. The monoisotopic (exact) mass is 230 g/mol. The lowest BCUT2D eigenvalue weighted by atomic mass is 10.1. The SMILES string of the molecule is CC1(C)OCC([C@H]2OC(C)(C)O[C@@H]2C=O)O1. The van der Waals surface area contributed by atoms with E-state index < -0.39 is 23.8 Å². The van der Waals surface area contributed by atoms with Crippen LogP contribution in [0.5, 0.6) is 0 Å². The minimum absolute atomic E-state index is 0.257. The highest BCUT2D eigenvalue weighted by Crippen LogP contribution is 2.34. The number of hydrogen-bond acceptors (Lipinski definition) is 5. The summed E-state index contributed by atoms with van der Waals surface area (Å²) in [6.45, 7) is 7.66. The fraction of sp³-hybridized carbons (Fsp3) is 0.909. The zero-order valence-corrected chi connectivity index (χ0v) is 10.1. The van der Waals surface area contributed by atoms with Crippen molar-refractivity contribution in [3.05, 3.63) is 0 Å². The molecule has 2 rings (SSSR count). The number of aldehydes is 1. The van der Waals surface area contributed by atoms with Gasteiger partial charge in [-0.15, -0.1) is 0 Å². The van der Waals surface area contributed by atoms with Crippen LogP contribution in [-0.4, -0.2) is 42.8 Å². The Kier molecular flexibility index (Phi) is 2.82. The fourth-order valence-electron chi connectivity index (χ4n) is 2.09. The maximum absolute atomic E-state index is 10.9. The number of rotatable bonds is 2. The van der Waals surface area contributed by atoms with Gasteiger partial charge in [0, 0.05) is 0 Å². The van der Waals surface area contributed by atoms with Crippen LogP contribution in [0.15, 0.2) is 0 Å². The zero-order valence-electron chi connectivity index (χ0n) is 10.1. The maximum atomic E-state index is 10.9. The third kappa shape index (κ3) is 2.27. The van der Waals surface area contributed by atoms with E-state index in [-0.39, 0.29) is 6.10 Å². The van der Waals surface area contributed by atoms with E-state index in [0.717, 1.165) is 6.29 Å². The summed E-state index contributed by atoms with van der Waals surface area (Å²) in [6.07, 6.45) is -0.479. The van der Waals surface area contributed by atoms with E-state index in [1.165, 1.54) is 0 Å². The molecule has 0 bridgehead atoms. The van der Waals surface area contributed by atoms with Gasteiger partial charge in [0.25, 0.3) is 0 Å². The molecule has 0 saturated carbocycles. The van der Waals surface area contributed by atoms with E-state index in [2.05, 4.69) is 0 Å². The van der Waals surface area contributed by atoms with Crippen LogP contribution in [0.4, 0.5) is 0 Å². The van der Waals surface area contributed by atoms with Gasteiger partial charge in [-0.1, -0.05) is 0 Å². The second-order valence-electron chi connectivity index (χ2n) is 5.07. The molecular weight excluding hydrogens is 212 g/mol. The van der Waals surface area contributed by atoms with Gasteiger partial charge in [0.05, 0.1) is 6.61 Å². The Hall–Kier alpha value is -0.490. The van der Waals surface area contributed by atoms with Crippen LogP contribution in [0.3, 0.4) is 0 Å². The van der Waals surface area contributed by atoms with E-state index in [0.29, 0.717) is 6.61 Å². The van der Waals surface area contributed by atoms with Gasteiger partial charge in [0.15, 0.2) is 17.9 Å². The van der Waals surface area contributed by atoms with Crippen molar-refractivity contribution in [2.75, 3.05) is 6.61 Å². The van der Waals surface area contributed by atoms with Crippen LogP contribution in [0.25, 0.3) is 0 Å². The molecule has 92 valence electrons. The third-order valence-corrected chi connectivity index (χ3v) is 2.69. The molecule has 2 heterocycles. The van der Waals surface area contributed by atoms with Crippen LogP contribution in [0, 0.1) is 0 Å². The molecule has 0 radical (unpaired) electrons. The van der Waals surface area contributed by atoms with Crippen molar-refractivity contribution < 1.29 is 23.7 Å². The molecule has 0 aromatic carbocycles. The number of hydrogen-bond donors (Lipinski definition) is 0. The van der Waals surface area contributed by atoms with Crippen molar-refractivity contribution in [1.29, 1.82) is 0 Å². The summed E-state index contributed by atoms with van der Waals surface area (Å²) in [7, 11) is 0. The van der Waals surface area contributed by atoms with Crippen LogP contribution in [0.2, 0.25) is 0 Å². The Bertz CT molecular complexity index is 286. The first kappa shape index (κ1) is 12.0.